The number of phenols is 1. The Morgan fingerprint density at radius 2 is 1.94 bits per heavy atom. The van der Waals surface area contributed by atoms with Crippen LogP contribution in [-0.2, 0) is 4.74 Å². The smallest absolute Gasteiger partial charge is 0.338 e. The van der Waals surface area contributed by atoms with E-state index in [9.17, 15) is 15.2 Å². The Kier molecular flexibility index (Phi) is 6.09. The number of rotatable bonds is 5. The maximum absolute atomic E-state index is 11.8. The first-order valence-corrected chi connectivity index (χ1v) is 10.3. The summed E-state index contributed by atoms with van der Waals surface area (Å²) in [7, 11) is 0. The average molecular weight is 439 g/mol. The molecule has 0 fully saturated rings. The van der Waals surface area contributed by atoms with Crippen LogP contribution < -0.4 is 10.5 Å². The lowest BCUT2D eigenvalue weighted by Crippen LogP contribution is -2.21. The number of esters is 1. The fourth-order valence-electron chi connectivity index (χ4n) is 3.65. The summed E-state index contributed by atoms with van der Waals surface area (Å²) in [6.07, 6.45) is 1.52. The number of fused-ring (bicyclic) bond motifs is 1. The molecule has 0 amide bonds. The van der Waals surface area contributed by atoms with Gasteiger partial charge in [0.05, 0.1) is 23.8 Å². The maximum Gasteiger partial charge on any atom is 0.338 e. The molecule has 1 heterocycles. The predicted molar refractivity (Wildman–Crippen MR) is 123 cm³/mol. The number of benzene rings is 3. The minimum atomic E-state index is -0.434. The van der Waals surface area contributed by atoms with Crippen LogP contribution in [0.25, 0.3) is 0 Å². The summed E-state index contributed by atoms with van der Waals surface area (Å²) < 4.78 is 10.6. The summed E-state index contributed by atoms with van der Waals surface area (Å²) in [6.45, 7) is 2.05. The van der Waals surface area contributed by atoms with E-state index in [0.717, 1.165) is 5.56 Å². The van der Waals surface area contributed by atoms with Crippen LogP contribution >= 0.6 is 0 Å². The van der Waals surface area contributed by atoms with Gasteiger partial charge in [-0.1, -0.05) is 30.3 Å². The SMILES string of the molecule is CCOC(=O)c1ccc(N=Cc2cc3c(cc2O)OC(N)=C(C#N)[C@@H]3c2ccccc2)cc1. The highest BCUT2D eigenvalue weighted by Crippen LogP contribution is 2.44. The van der Waals surface area contributed by atoms with Crippen LogP contribution in [0.1, 0.15) is 39.9 Å². The first kappa shape index (κ1) is 21.7. The molecule has 7 nitrogen and oxygen atoms in total. The Labute approximate surface area is 191 Å². The Morgan fingerprint density at radius 3 is 2.61 bits per heavy atom. The van der Waals surface area contributed by atoms with Gasteiger partial charge in [0.25, 0.3) is 0 Å². The van der Waals surface area contributed by atoms with E-state index in [1.165, 1.54) is 12.3 Å². The Hall–Kier alpha value is -4.57. The molecule has 3 N–H and O–H groups in total. The minimum Gasteiger partial charge on any atom is -0.507 e. The van der Waals surface area contributed by atoms with Crippen molar-refractivity contribution < 1.29 is 19.4 Å². The van der Waals surface area contributed by atoms with Gasteiger partial charge in [-0.3, -0.25) is 4.99 Å². The third-order valence-electron chi connectivity index (χ3n) is 5.23. The van der Waals surface area contributed by atoms with E-state index in [1.54, 1.807) is 37.3 Å². The van der Waals surface area contributed by atoms with Crippen LogP contribution in [0.3, 0.4) is 0 Å². The zero-order valence-corrected chi connectivity index (χ0v) is 17.9. The van der Waals surface area contributed by atoms with Crippen LogP contribution in [0, 0.1) is 11.3 Å². The number of carbonyl (C=O) groups is 1. The van der Waals surface area contributed by atoms with Crippen LogP contribution in [0.4, 0.5) is 5.69 Å². The van der Waals surface area contributed by atoms with Gasteiger partial charge < -0.3 is 20.3 Å². The summed E-state index contributed by atoms with van der Waals surface area (Å²) in [5, 5.41) is 20.2. The number of ether oxygens (including phenoxy) is 2. The van der Waals surface area contributed by atoms with E-state index in [2.05, 4.69) is 11.1 Å². The van der Waals surface area contributed by atoms with Gasteiger partial charge in [0.1, 0.15) is 23.1 Å². The van der Waals surface area contributed by atoms with Crippen LogP contribution in [0.2, 0.25) is 0 Å². The molecular weight excluding hydrogens is 418 g/mol. The molecule has 0 unspecified atom stereocenters. The number of aromatic hydroxyl groups is 1. The summed E-state index contributed by atoms with van der Waals surface area (Å²) >= 11 is 0. The first-order chi connectivity index (χ1) is 16.0. The number of aliphatic imine (C=N–C) groups is 1. The maximum atomic E-state index is 11.8. The van der Waals surface area contributed by atoms with Gasteiger partial charge in [0.2, 0.25) is 5.88 Å². The molecule has 3 aromatic rings. The van der Waals surface area contributed by atoms with Crippen molar-refractivity contribution in [3.63, 3.8) is 0 Å². The lowest BCUT2D eigenvalue weighted by molar-refractivity contribution is 0.0526. The van der Waals surface area contributed by atoms with E-state index in [4.69, 9.17) is 15.2 Å². The van der Waals surface area contributed by atoms with E-state index in [0.29, 0.717) is 40.3 Å². The fraction of sp³-hybridized carbons (Fsp3) is 0.115. The van der Waals surface area contributed by atoms with Crippen molar-refractivity contribution in [1.82, 2.24) is 0 Å². The molecular formula is C26H21N3O4. The average Bonchev–Trinajstić information content (AvgIpc) is 2.83. The minimum absolute atomic E-state index is 0.0151. The Morgan fingerprint density at radius 1 is 1.21 bits per heavy atom. The third kappa shape index (κ3) is 4.41. The normalized spacial score (nSPS) is 15.0. The van der Waals surface area contributed by atoms with Gasteiger partial charge >= 0.3 is 5.97 Å². The molecule has 7 heteroatoms. The zero-order chi connectivity index (χ0) is 23.4. The lowest BCUT2D eigenvalue weighted by Gasteiger charge is -2.27. The monoisotopic (exact) mass is 439 g/mol. The van der Waals surface area contributed by atoms with Gasteiger partial charge in [-0.2, -0.15) is 5.26 Å². The van der Waals surface area contributed by atoms with Crippen molar-refractivity contribution in [3.05, 3.63) is 100 Å². The number of nitriles is 1. The number of hydrogen-bond donors (Lipinski definition) is 2. The first-order valence-electron chi connectivity index (χ1n) is 10.3. The highest BCUT2D eigenvalue weighted by molar-refractivity contribution is 5.90. The molecule has 164 valence electrons. The summed E-state index contributed by atoms with van der Waals surface area (Å²) in [6, 6.07) is 21.5. The standard InChI is InChI=1S/C26H21N3O4/c1-2-32-26(31)17-8-10-19(11-9-17)29-15-18-12-20-23(13-22(18)30)33-25(28)21(14-27)24(20)16-6-4-3-5-7-16/h3-13,15,24,30H,2,28H2,1H3/t24-/m1/s1. The predicted octanol–water partition coefficient (Wildman–Crippen LogP) is 4.54. The van der Waals surface area contributed by atoms with Gasteiger partial charge in [-0.25, -0.2) is 4.79 Å². The van der Waals surface area contributed by atoms with Crippen molar-refractivity contribution in [2.45, 2.75) is 12.8 Å². The van der Waals surface area contributed by atoms with Gasteiger partial charge in [0.15, 0.2) is 0 Å². The van der Waals surface area contributed by atoms with Crippen LogP contribution in [0.15, 0.2) is 83.2 Å². The summed E-state index contributed by atoms with van der Waals surface area (Å²) in [5.41, 5.74) is 9.36. The molecule has 0 saturated heterocycles. The number of nitrogens with zero attached hydrogens (tertiary/aromatic N) is 2. The second-order valence-corrected chi connectivity index (χ2v) is 7.31. The number of carbonyl (C=O) groups excluding carboxylic acids is 1. The molecule has 1 aliphatic rings. The second-order valence-electron chi connectivity index (χ2n) is 7.31. The van der Waals surface area contributed by atoms with Gasteiger partial charge in [0, 0.05) is 23.4 Å². The van der Waals surface area contributed by atoms with E-state index < -0.39 is 11.9 Å². The molecule has 0 radical (unpaired) electrons. The molecule has 0 bridgehead atoms. The third-order valence-corrected chi connectivity index (χ3v) is 5.23. The summed E-state index contributed by atoms with van der Waals surface area (Å²) in [4.78, 5) is 16.2. The number of hydrogen-bond acceptors (Lipinski definition) is 7. The molecule has 3 aromatic carbocycles. The molecule has 4 rings (SSSR count). The number of allylic oxidation sites excluding steroid dienone is 1. The molecule has 0 saturated carbocycles. The molecule has 33 heavy (non-hydrogen) atoms. The largest absolute Gasteiger partial charge is 0.507 e. The van der Waals surface area contributed by atoms with Crippen molar-refractivity contribution in [3.8, 4) is 17.6 Å². The van der Waals surface area contributed by atoms with Crippen molar-refractivity contribution in [1.29, 1.82) is 5.26 Å². The van der Waals surface area contributed by atoms with Crippen molar-refractivity contribution in [2.75, 3.05) is 6.61 Å². The van der Waals surface area contributed by atoms with Gasteiger partial charge in [-0.15, -0.1) is 0 Å². The molecule has 1 aliphatic heterocycles. The van der Waals surface area contributed by atoms with Crippen LogP contribution in [-0.4, -0.2) is 23.9 Å². The second kappa shape index (κ2) is 9.28. The van der Waals surface area contributed by atoms with E-state index in [-0.39, 0.29) is 11.6 Å². The van der Waals surface area contributed by atoms with E-state index in [1.807, 2.05) is 30.3 Å². The molecule has 0 spiro atoms. The van der Waals surface area contributed by atoms with Gasteiger partial charge in [-0.05, 0) is 42.8 Å². The molecule has 1 atom stereocenters. The molecule has 0 aliphatic carbocycles. The topological polar surface area (TPSA) is 118 Å². The van der Waals surface area contributed by atoms with Crippen LogP contribution in [0.5, 0.6) is 11.5 Å². The highest BCUT2D eigenvalue weighted by atomic mass is 16.5. The van der Waals surface area contributed by atoms with Crippen molar-refractivity contribution in [2.24, 2.45) is 10.7 Å². The fourth-order valence-corrected chi connectivity index (χ4v) is 3.65. The Bertz CT molecular complexity index is 1290. The Balaban J connectivity index is 1.69. The van der Waals surface area contributed by atoms with E-state index >= 15 is 0 Å². The molecule has 0 aromatic heterocycles. The zero-order valence-electron chi connectivity index (χ0n) is 17.9. The number of phenolic OH excluding ortho intramolecular Hbond substituents is 1. The summed E-state index contributed by atoms with van der Waals surface area (Å²) in [5.74, 6) is -0.472. The van der Waals surface area contributed by atoms with Crippen molar-refractivity contribution >= 4 is 17.9 Å². The quantitative estimate of drug-likeness (QED) is 0.445. The highest BCUT2D eigenvalue weighted by Gasteiger charge is 2.31. The lowest BCUT2D eigenvalue weighted by atomic mass is 9.83. The number of nitrogens with two attached hydrogens (primary N) is 1.